The third kappa shape index (κ3) is 4.02. The van der Waals surface area contributed by atoms with E-state index in [1.165, 1.54) is 16.2 Å². The monoisotopic (exact) mass is 199 g/mol. The van der Waals surface area contributed by atoms with Gasteiger partial charge in [-0.05, 0) is 17.7 Å². The van der Waals surface area contributed by atoms with Crippen molar-refractivity contribution in [1.82, 2.24) is 4.98 Å². The third-order valence-corrected chi connectivity index (χ3v) is 1.90. The van der Waals surface area contributed by atoms with E-state index in [-0.39, 0.29) is 0 Å². The zero-order valence-corrected chi connectivity index (χ0v) is 8.17. The number of hydrogen-bond acceptors (Lipinski definition) is 0. The summed E-state index contributed by atoms with van der Waals surface area (Å²) in [4.78, 5) is 4.69. The van der Waals surface area contributed by atoms with E-state index in [0.29, 0.717) is 0 Å². The first-order valence-electron chi connectivity index (χ1n) is 4.51. The van der Waals surface area contributed by atoms with E-state index in [1.807, 2.05) is 18.3 Å². The van der Waals surface area contributed by atoms with Crippen LogP contribution in [0, 0.1) is 0 Å². The molecule has 1 heterocycles. The minimum atomic E-state index is 0.994. The lowest BCUT2D eigenvalue weighted by Gasteiger charge is -1.96. The van der Waals surface area contributed by atoms with Gasteiger partial charge in [0.05, 0.1) is 0 Å². The molecule has 0 fully saturated rings. The molecule has 4 heteroatoms. The number of rotatable bonds is 2. The molecule has 1 aromatic heterocycles. The second-order valence-corrected chi connectivity index (χ2v) is 2.95. The summed E-state index contributed by atoms with van der Waals surface area (Å²) < 4.78 is 0. The fourth-order valence-corrected chi connectivity index (χ4v) is 1.29. The van der Waals surface area contributed by atoms with Crippen LogP contribution in [-0.4, -0.2) is 4.98 Å². The minimum Gasteiger partial charge on any atom is -0.373 e. The van der Waals surface area contributed by atoms with Gasteiger partial charge in [0.2, 0.25) is 0 Å². The van der Waals surface area contributed by atoms with Crippen molar-refractivity contribution < 1.29 is 0 Å². The summed E-state index contributed by atoms with van der Waals surface area (Å²) in [5.41, 5.74) is 16.1. The Labute approximate surface area is 88.0 Å². The van der Waals surface area contributed by atoms with Gasteiger partial charge in [0.25, 0.3) is 0 Å². The summed E-state index contributed by atoms with van der Waals surface area (Å²) in [6, 6.07) is 14.6. The van der Waals surface area contributed by atoms with Gasteiger partial charge in [0.1, 0.15) is 0 Å². The quantitative estimate of drug-likeness (QED) is 0.437. The summed E-state index contributed by atoms with van der Waals surface area (Å²) in [5, 5.41) is 0. The van der Waals surface area contributed by atoms with E-state index in [2.05, 4.69) is 35.3 Å². The van der Waals surface area contributed by atoms with E-state index >= 15 is 0 Å². The van der Waals surface area contributed by atoms with E-state index in [0.717, 1.165) is 6.42 Å². The van der Waals surface area contributed by atoms with Crippen LogP contribution in [0.1, 0.15) is 11.3 Å². The van der Waals surface area contributed by atoms with Gasteiger partial charge in [-0.25, -0.2) is 0 Å². The first kappa shape index (κ1) is 10.9. The van der Waals surface area contributed by atoms with Gasteiger partial charge in [0, 0.05) is 18.3 Å². The Hall–Kier alpha value is -2.19. The van der Waals surface area contributed by atoms with Crippen molar-refractivity contribution in [3.63, 3.8) is 0 Å². The number of aromatic amines is 1. The Bertz CT molecular complexity index is 399. The molecule has 0 radical (unpaired) electrons. The molecule has 0 aliphatic rings. The highest BCUT2D eigenvalue weighted by molar-refractivity contribution is 5.21. The molecule has 0 atom stereocenters. The number of benzene rings is 1. The first-order chi connectivity index (χ1) is 7.36. The molecule has 0 saturated carbocycles. The zero-order valence-electron chi connectivity index (χ0n) is 8.17. The SMILES string of the molecule is [N-]=[N+]=[N-].c1ccc(Cc2ccc[nH]2)cc1. The lowest BCUT2D eigenvalue weighted by Crippen LogP contribution is -1.86. The van der Waals surface area contributed by atoms with Crippen molar-refractivity contribution in [2.45, 2.75) is 6.42 Å². The molecular weight excluding hydrogens is 188 g/mol. The number of H-pyrrole nitrogens is 1. The molecule has 1 N–H and O–H groups in total. The van der Waals surface area contributed by atoms with Crippen LogP contribution in [0.2, 0.25) is 0 Å². The summed E-state index contributed by atoms with van der Waals surface area (Å²) in [5.74, 6) is 0. The second kappa shape index (κ2) is 6.29. The summed E-state index contributed by atoms with van der Waals surface area (Å²) in [6.07, 6.45) is 2.95. The Morgan fingerprint density at radius 1 is 1.00 bits per heavy atom. The maximum absolute atomic E-state index is 6.75. The molecule has 1 aromatic carbocycles. The highest BCUT2D eigenvalue weighted by atomic mass is 15.0. The molecule has 4 nitrogen and oxygen atoms in total. The first-order valence-corrected chi connectivity index (χ1v) is 4.51. The van der Waals surface area contributed by atoms with Crippen LogP contribution >= 0.6 is 0 Å². The van der Waals surface area contributed by atoms with Crippen molar-refractivity contribution in [1.29, 1.82) is 0 Å². The molecule has 0 aliphatic carbocycles. The molecule has 0 saturated heterocycles. The summed E-state index contributed by atoms with van der Waals surface area (Å²) in [7, 11) is 0. The van der Waals surface area contributed by atoms with Crippen LogP contribution in [0.3, 0.4) is 0 Å². The highest BCUT2D eigenvalue weighted by Gasteiger charge is 1.93. The average molecular weight is 199 g/mol. The zero-order chi connectivity index (χ0) is 10.9. The lowest BCUT2D eigenvalue weighted by atomic mass is 10.1. The Morgan fingerprint density at radius 2 is 1.67 bits per heavy atom. The molecule has 0 amide bonds. The van der Waals surface area contributed by atoms with Crippen LogP contribution in [0.15, 0.2) is 48.7 Å². The molecule has 76 valence electrons. The fourth-order valence-electron chi connectivity index (χ4n) is 1.29. The number of nitrogens with one attached hydrogen (secondary N) is 1. The van der Waals surface area contributed by atoms with Crippen LogP contribution in [-0.2, 0) is 6.42 Å². The standard InChI is InChI=1S/C11H11N.N3/c1-2-5-10(6-3-1)9-11-7-4-8-12-11;1-3-2/h1-8,12H,9H2;/q;-1. The normalized spacial score (nSPS) is 8.53. The predicted molar refractivity (Wildman–Crippen MR) is 60.1 cm³/mol. The van der Waals surface area contributed by atoms with Crippen LogP contribution in [0.25, 0.3) is 16.0 Å². The van der Waals surface area contributed by atoms with E-state index in [4.69, 9.17) is 11.1 Å². The molecule has 0 unspecified atom stereocenters. The van der Waals surface area contributed by atoms with Crippen molar-refractivity contribution in [3.05, 3.63) is 75.9 Å². The Balaban J connectivity index is 0.000000337. The van der Waals surface area contributed by atoms with Gasteiger partial charge < -0.3 is 16.0 Å². The number of hydrogen-bond donors (Lipinski definition) is 1. The number of nitrogens with zero attached hydrogens (tertiary/aromatic N) is 3. The third-order valence-electron chi connectivity index (χ3n) is 1.90. The summed E-state index contributed by atoms with van der Waals surface area (Å²) >= 11 is 0. The maximum Gasteiger partial charge on any atom is 0.0191 e. The maximum atomic E-state index is 6.75. The van der Waals surface area contributed by atoms with Gasteiger partial charge in [-0.2, -0.15) is 0 Å². The minimum absolute atomic E-state index is 0.994. The smallest absolute Gasteiger partial charge is 0.0191 e. The van der Waals surface area contributed by atoms with Gasteiger partial charge in [-0.15, -0.1) is 0 Å². The van der Waals surface area contributed by atoms with Gasteiger partial charge in [0.15, 0.2) is 0 Å². The van der Waals surface area contributed by atoms with Gasteiger partial charge >= 0.3 is 0 Å². The van der Waals surface area contributed by atoms with E-state index in [9.17, 15) is 0 Å². The van der Waals surface area contributed by atoms with Gasteiger partial charge in [-0.3, -0.25) is 4.91 Å². The Kier molecular flexibility index (Phi) is 4.57. The summed E-state index contributed by atoms with van der Waals surface area (Å²) in [6.45, 7) is 0. The van der Waals surface area contributed by atoms with Crippen molar-refractivity contribution in [2.24, 2.45) is 0 Å². The molecule has 0 spiro atoms. The predicted octanol–water partition coefficient (Wildman–Crippen LogP) is 3.47. The molecule has 0 bridgehead atoms. The van der Waals surface area contributed by atoms with Crippen molar-refractivity contribution >= 4 is 0 Å². The molecule has 15 heavy (non-hydrogen) atoms. The van der Waals surface area contributed by atoms with Crippen molar-refractivity contribution in [3.8, 4) is 0 Å². The fraction of sp³-hybridized carbons (Fsp3) is 0.0909. The van der Waals surface area contributed by atoms with Crippen molar-refractivity contribution in [2.75, 3.05) is 0 Å². The molecule has 0 aliphatic heterocycles. The van der Waals surface area contributed by atoms with Crippen LogP contribution in [0.4, 0.5) is 0 Å². The van der Waals surface area contributed by atoms with Gasteiger partial charge in [-0.1, -0.05) is 30.3 Å². The molecule has 2 aromatic rings. The van der Waals surface area contributed by atoms with E-state index < -0.39 is 0 Å². The molecule has 2 rings (SSSR count). The van der Waals surface area contributed by atoms with Crippen LogP contribution in [0.5, 0.6) is 0 Å². The Morgan fingerprint density at radius 3 is 2.20 bits per heavy atom. The number of aromatic nitrogens is 1. The topological polar surface area (TPSA) is 74.5 Å². The lowest BCUT2D eigenvalue weighted by molar-refractivity contribution is 1.11. The molecular formula is C11H11N4-. The average Bonchev–Trinajstić information content (AvgIpc) is 2.73. The second-order valence-electron chi connectivity index (χ2n) is 2.95. The highest BCUT2D eigenvalue weighted by Crippen LogP contribution is 2.05. The van der Waals surface area contributed by atoms with Crippen LogP contribution < -0.4 is 0 Å². The largest absolute Gasteiger partial charge is 0.373 e. The van der Waals surface area contributed by atoms with E-state index in [1.54, 1.807) is 0 Å².